The second-order valence-electron chi connectivity index (χ2n) is 14.2. The number of rotatable bonds is 3. The summed E-state index contributed by atoms with van der Waals surface area (Å²) >= 11 is 0. The first kappa shape index (κ1) is 22.4. The molecule has 1 aliphatic carbocycles. The van der Waals surface area contributed by atoms with Crippen molar-refractivity contribution in [3.05, 3.63) is 181 Å². The minimum Gasteiger partial charge on any atom is -0.455 e. The lowest BCUT2D eigenvalue weighted by molar-refractivity contribution is 0.660. The van der Waals surface area contributed by atoms with E-state index in [1.165, 1.54) is 0 Å². The Labute approximate surface area is 313 Å². The standard InChI is InChI=1S/C51H34O/c1-51(2)44-20-10-9-18-41(44)49-42(19-11-21-45(49)51)48-38-16-7-5-14-36(38)47(37-15-6-8-17-39(37)48)33-24-22-31(23-25-33)34-27-29-46-43(30-34)40-28-26-32-12-3-4-13-35(32)50(40)52-46/h3-30H,1-2H3/i5D,6D,7D,8D,14D,15D,16D,17D. The number of benzene rings is 9. The maximum atomic E-state index is 9.50. The van der Waals surface area contributed by atoms with E-state index in [1.54, 1.807) is 0 Å². The SMILES string of the molecule is [2H]c1c([2H])c([2H])c2c(-c3cccc4c3-c3ccccc3C4(C)C)c3c([2H])c([2H])c([2H])c([2H])c3c(-c3ccc(-c4ccc5oc6c7ccccc7ccc6c5c4)cc3)c2c1[2H]. The summed E-state index contributed by atoms with van der Waals surface area (Å²) in [6, 6.07) is 37.3. The first-order chi connectivity index (χ1) is 28.9. The number of fused-ring (bicyclic) bond motifs is 10. The number of hydrogen-bond acceptors (Lipinski definition) is 1. The van der Waals surface area contributed by atoms with Crippen LogP contribution in [0.5, 0.6) is 0 Å². The second kappa shape index (κ2) is 10.8. The predicted octanol–water partition coefficient (Wildman–Crippen LogP) is 14.4. The fraction of sp³-hybridized carbons (Fsp3) is 0.0588. The van der Waals surface area contributed by atoms with E-state index >= 15 is 0 Å². The van der Waals surface area contributed by atoms with Crippen LogP contribution >= 0.6 is 0 Å². The molecule has 9 aromatic carbocycles. The molecule has 52 heavy (non-hydrogen) atoms. The van der Waals surface area contributed by atoms with Gasteiger partial charge in [-0.3, -0.25) is 0 Å². The molecule has 0 unspecified atom stereocenters. The van der Waals surface area contributed by atoms with E-state index in [4.69, 9.17) is 9.90 Å². The molecule has 0 amide bonds. The highest BCUT2D eigenvalue weighted by molar-refractivity contribution is 6.23. The third-order valence-corrected chi connectivity index (χ3v) is 11.1. The van der Waals surface area contributed by atoms with Gasteiger partial charge in [0.05, 0.1) is 11.0 Å². The molecule has 11 rings (SSSR count). The van der Waals surface area contributed by atoms with Gasteiger partial charge in [0.2, 0.25) is 0 Å². The minimum atomic E-state index is -0.422. The molecule has 1 heteroatoms. The molecule has 1 heterocycles. The zero-order valence-electron chi connectivity index (χ0n) is 36.5. The average Bonchev–Trinajstić information content (AvgIpc) is 3.77. The molecular weight excluding hydrogens is 629 g/mol. The molecule has 0 atom stereocenters. The van der Waals surface area contributed by atoms with Crippen molar-refractivity contribution in [3.8, 4) is 44.5 Å². The molecule has 1 aliphatic rings. The Bertz CT molecular complexity index is 3470. The van der Waals surface area contributed by atoms with Gasteiger partial charge in [0.15, 0.2) is 0 Å². The van der Waals surface area contributed by atoms with Crippen LogP contribution in [0, 0.1) is 0 Å². The fourth-order valence-corrected chi connectivity index (χ4v) is 8.66. The topological polar surface area (TPSA) is 13.1 Å². The van der Waals surface area contributed by atoms with Crippen molar-refractivity contribution in [2.24, 2.45) is 0 Å². The second-order valence-corrected chi connectivity index (χ2v) is 14.2. The van der Waals surface area contributed by atoms with Crippen LogP contribution in [0.25, 0.3) is 98.8 Å². The molecule has 0 N–H and O–H groups in total. The van der Waals surface area contributed by atoms with Crippen LogP contribution in [0.1, 0.15) is 35.9 Å². The lowest BCUT2D eigenvalue weighted by Gasteiger charge is -2.22. The summed E-state index contributed by atoms with van der Waals surface area (Å²) in [6.45, 7) is 4.31. The Balaban J connectivity index is 1.21. The van der Waals surface area contributed by atoms with Crippen molar-refractivity contribution in [1.29, 1.82) is 0 Å². The maximum Gasteiger partial charge on any atom is 0.143 e. The highest BCUT2D eigenvalue weighted by Crippen LogP contribution is 2.54. The number of furan rings is 1. The van der Waals surface area contributed by atoms with E-state index in [-0.39, 0.29) is 45.7 Å². The molecule has 244 valence electrons. The molecule has 1 nitrogen and oxygen atoms in total. The van der Waals surface area contributed by atoms with Crippen molar-refractivity contribution in [2.45, 2.75) is 19.3 Å². The lowest BCUT2D eigenvalue weighted by atomic mass is 9.80. The van der Waals surface area contributed by atoms with Gasteiger partial charge in [-0.15, -0.1) is 0 Å². The summed E-state index contributed by atoms with van der Waals surface area (Å²) in [6.07, 6.45) is 0. The van der Waals surface area contributed by atoms with Crippen LogP contribution in [-0.2, 0) is 5.41 Å². The van der Waals surface area contributed by atoms with Crippen LogP contribution in [0.2, 0.25) is 0 Å². The van der Waals surface area contributed by atoms with Crippen molar-refractivity contribution in [2.75, 3.05) is 0 Å². The highest BCUT2D eigenvalue weighted by Gasteiger charge is 2.37. The Morgan fingerprint density at radius 2 is 1.06 bits per heavy atom. The summed E-state index contributed by atoms with van der Waals surface area (Å²) in [7, 11) is 0. The van der Waals surface area contributed by atoms with Gasteiger partial charge in [0.1, 0.15) is 11.2 Å². The minimum absolute atomic E-state index is 0.197. The van der Waals surface area contributed by atoms with Gasteiger partial charge >= 0.3 is 0 Å². The van der Waals surface area contributed by atoms with Gasteiger partial charge in [-0.25, -0.2) is 0 Å². The van der Waals surface area contributed by atoms with Crippen LogP contribution in [0.15, 0.2) is 174 Å². The Hall–Kier alpha value is -6.44. The third kappa shape index (κ3) is 4.05. The quantitative estimate of drug-likeness (QED) is 0.171. The Morgan fingerprint density at radius 3 is 1.83 bits per heavy atom. The lowest BCUT2D eigenvalue weighted by Crippen LogP contribution is -2.14. The summed E-state index contributed by atoms with van der Waals surface area (Å²) in [5, 5.41) is 4.95. The summed E-state index contributed by atoms with van der Waals surface area (Å²) in [5.74, 6) is 0. The zero-order chi connectivity index (χ0) is 41.5. The van der Waals surface area contributed by atoms with Crippen molar-refractivity contribution in [3.63, 3.8) is 0 Å². The average molecular weight is 671 g/mol. The molecule has 0 bridgehead atoms. The Kier molecular flexibility index (Phi) is 4.64. The Morgan fingerprint density at radius 1 is 0.442 bits per heavy atom. The van der Waals surface area contributed by atoms with E-state index < -0.39 is 29.6 Å². The normalized spacial score (nSPS) is 15.5. The summed E-state index contributed by atoms with van der Waals surface area (Å²) in [4.78, 5) is 0. The largest absolute Gasteiger partial charge is 0.455 e. The molecule has 1 aromatic heterocycles. The van der Waals surface area contributed by atoms with E-state index in [1.807, 2.05) is 78.9 Å². The van der Waals surface area contributed by atoms with Gasteiger partial charge in [-0.05, 0) is 101 Å². The molecule has 0 saturated carbocycles. The van der Waals surface area contributed by atoms with Gasteiger partial charge < -0.3 is 4.42 Å². The summed E-state index contributed by atoms with van der Waals surface area (Å²) < 4.78 is 79.9. The summed E-state index contributed by atoms with van der Waals surface area (Å²) in [5.41, 5.74) is 8.94. The third-order valence-electron chi connectivity index (χ3n) is 11.1. The molecule has 0 aliphatic heterocycles. The highest BCUT2D eigenvalue weighted by atomic mass is 16.3. The van der Waals surface area contributed by atoms with Crippen molar-refractivity contribution >= 4 is 54.3 Å². The number of hydrogen-bond donors (Lipinski definition) is 0. The first-order valence-electron chi connectivity index (χ1n) is 21.5. The van der Waals surface area contributed by atoms with Crippen molar-refractivity contribution in [1.82, 2.24) is 0 Å². The van der Waals surface area contributed by atoms with Gasteiger partial charge in [0.25, 0.3) is 0 Å². The maximum absolute atomic E-state index is 9.50. The monoisotopic (exact) mass is 670 g/mol. The van der Waals surface area contributed by atoms with Crippen LogP contribution in [0.4, 0.5) is 0 Å². The predicted molar refractivity (Wildman–Crippen MR) is 220 cm³/mol. The molecule has 0 spiro atoms. The molecule has 0 fully saturated rings. The van der Waals surface area contributed by atoms with E-state index in [0.29, 0.717) is 22.3 Å². The van der Waals surface area contributed by atoms with Crippen LogP contribution in [-0.4, -0.2) is 0 Å². The van der Waals surface area contributed by atoms with Crippen molar-refractivity contribution < 1.29 is 15.4 Å². The van der Waals surface area contributed by atoms with E-state index in [2.05, 4.69) is 56.3 Å². The van der Waals surface area contributed by atoms with E-state index in [9.17, 15) is 5.48 Å². The first-order valence-corrected chi connectivity index (χ1v) is 17.5. The van der Waals surface area contributed by atoms with Gasteiger partial charge in [-0.1, -0.05) is 165 Å². The van der Waals surface area contributed by atoms with E-state index in [0.717, 1.165) is 66.1 Å². The molecule has 0 radical (unpaired) electrons. The van der Waals surface area contributed by atoms with Gasteiger partial charge in [-0.2, -0.15) is 0 Å². The zero-order valence-corrected chi connectivity index (χ0v) is 28.5. The van der Waals surface area contributed by atoms with Crippen LogP contribution < -0.4 is 0 Å². The van der Waals surface area contributed by atoms with Gasteiger partial charge in [0, 0.05) is 21.6 Å². The molecule has 10 aromatic rings. The molecule has 0 saturated heterocycles. The van der Waals surface area contributed by atoms with Crippen LogP contribution in [0.3, 0.4) is 0 Å². The fourth-order valence-electron chi connectivity index (χ4n) is 8.66. The smallest absolute Gasteiger partial charge is 0.143 e. The molecular formula is C51H34O.